The van der Waals surface area contributed by atoms with Crippen molar-refractivity contribution in [3.8, 4) is 17.2 Å². The molecule has 0 aliphatic carbocycles. The molecule has 166 valence electrons. The van der Waals surface area contributed by atoms with Crippen LogP contribution in [0.1, 0.15) is 24.1 Å². The zero-order chi connectivity index (χ0) is 21.9. The van der Waals surface area contributed by atoms with Gasteiger partial charge in [0.1, 0.15) is 12.2 Å². The first-order valence-corrected chi connectivity index (χ1v) is 10.7. The number of imidazole rings is 1. The summed E-state index contributed by atoms with van der Waals surface area (Å²) in [6.07, 6.45) is 8.90. The Kier molecular flexibility index (Phi) is 5.59. The van der Waals surface area contributed by atoms with Gasteiger partial charge in [-0.2, -0.15) is 4.98 Å². The molecular formula is C22H24N6O4. The molecule has 5 heterocycles. The largest absolute Gasteiger partial charge is 0.480 e. The van der Waals surface area contributed by atoms with Crippen LogP contribution in [0.25, 0.3) is 5.69 Å². The van der Waals surface area contributed by atoms with E-state index in [-0.39, 0.29) is 6.54 Å². The number of hydrogen-bond acceptors (Lipinski definition) is 8. The topological polar surface area (TPSA) is 115 Å². The summed E-state index contributed by atoms with van der Waals surface area (Å²) in [5, 5.41) is 12.6. The van der Waals surface area contributed by atoms with E-state index in [1.54, 1.807) is 17.4 Å². The SMILES string of the molecule is O=C(O)CN1c2nc(CCCCNCCc3ccc4c(c3)OCO4)c(-n3ccnc3)c1n2. The molecule has 2 bridgehead atoms. The standard InChI is InChI=1S/C22H24N6O4/c29-19(30)12-28-21-20(27-10-9-24-13-27)16(25-22(28)26-21)3-1-2-7-23-8-6-15-4-5-17-18(11-15)32-14-31-17/h4-5,9-11,13,23H,1-3,6-8,12,14H2,(H,29,30). The van der Waals surface area contributed by atoms with E-state index in [1.165, 1.54) is 5.56 Å². The molecule has 1 aromatic carbocycles. The summed E-state index contributed by atoms with van der Waals surface area (Å²) in [5.74, 6) is 1.84. The zero-order valence-corrected chi connectivity index (χ0v) is 17.5. The van der Waals surface area contributed by atoms with Gasteiger partial charge in [0.25, 0.3) is 0 Å². The zero-order valence-electron chi connectivity index (χ0n) is 17.5. The number of ether oxygens (including phenoxy) is 2. The lowest BCUT2D eigenvalue weighted by Gasteiger charge is -2.32. The Labute approximate surface area is 184 Å². The Morgan fingerprint density at radius 1 is 1.12 bits per heavy atom. The van der Waals surface area contributed by atoms with Crippen LogP contribution in [0.5, 0.6) is 11.5 Å². The second kappa shape index (κ2) is 8.83. The number of aryl methyl sites for hydroxylation is 1. The molecule has 0 fully saturated rings. The molecule has 32 heavy (non-hydrogen) atoms. The van der Waals surface area contributed by atoms with Crippen LogP contribution in [0.4, 0.5) is 11.8 Å². The van der Waals surface area contributed by atoms with Gasteiger partial charge in [0, 0.05) is 12.4 Å². The number of anilines is 2. The van der Waals surface area contributed by atoms with Crippen LogP contribution in [0.15, 0.2) is 36.9 Å². The summed E-state index contributed by atoms with van der Waals surface area (Å²) in [6, 6.07) is 6.07. The number of carboxylic acids is 1. The molecule has 3 aromatic rings. The van der Waals surface area contributed by atoms with E-state index in [4.69, 9.17) is 14.6 Å². The molecular weight excluding hydrogens is 412 g/mol. The van der Waals surface area contributed by atoms with Gasteiger partial charge >= 0.3 is 5.97 Å². The molecule has 3 aliphatic rings. The van der Waals surface area contributed by atoms with E-state index >= 15 is 0 Å². The summed E-state index contributed by atoms with van der Waals surface area (Å²) in [7, 11) is 0. The predicted molar refractivity (Wildman–Crippen MR) is 116 cm³/mol. The Morgan fingerprint density at radius 2 is 2.03 bits per heavy atom. The average Bonchev–Trinajstić information content (AvgIpc) is 3.48. The number of rotatable bonds is 11. The van der Waals surface area contributed by atoms with Gasteiger partial charge in [-0.1, -0.05) is 6.07 Å². The van der Waals surface area contributed by atoms with Crippen molar-refractivity contribution in [1.29, 1.82) is 0 Å². The molecule has 6 rings (SSSR count). The van der Waals surface area contributed by atoms with Crippen LogP contribution in [0.3, 0.4) is 0 Å². The molecule has 2 N–H and O–H groups in total. The third kappa shape index (κ3) is 4.09. The summed E-state index contributed by atoms with van der Waals surface area (Å²) in [4.78, 5) is 25.8. The third-order valence-corrected chi connectivity index (χ3v) is 5.52. The van der Waals surface area contributed by atoms with Crippen LogP contribution in [0, 0.1) is 0 Å². The highest BCUT2D eigenvalue weighted by atomic mass is 16.7. The molecule has 10 nitrogen and oxygen atoms in total. The van der Waals surface area contributed by atoms with Crippen molar-refractivity contribution in [3.05, 3.63) is 48.2 Å². The highest BCUT2D eigenvalue weighted by molar-refractivity contribution is 5.83. The second-order valence-electron chi connectivity index (χ2n) is 7.74. The summed E-state index contributed by atoms with van der Waals surface area (Å²) in [6.45, 7) is 1.97. The van der Waals surface area contributed by atoms with Crippen molar-refractivity contribution < 1.29 is 19.4 Å². The first-order valence-electron chi connectivity index (χ1n) is 10.7. The van der Waals surface area contributed by atoms with Gasteiger partial charge in [0.2, 0.25) is 12.7 Å². The van der Waals surface area contributed by atoms with Crippen molar-refractivity contribution in [3.63, 3.8) is 0 Å². The van der Waals surface area contributed by atoms with E-state index in [9.17, 15) is 4.79 Å². The minimum Gasteiger partial charge on any atom is -0.480 e. The van der Waals surface area contributed by atoms with Crippen LogP contribution >= 0.6 is 0 Å². The minimum absolute atomic E-state index is 0.142. The maximum atomic E-state index is 11.1. The van der Waals surface area contributed by atoms with Crippen molar-refractivity contribution in [2.75, 3.05) is 31.3 Å². The minimum atomic E-state index is -0.912. The number of carboxylic acid groups (broad SMARTS) is 1. The third-order valence-electron chi connectivity index (χ3n) is 5.52. The first kappa shape index (κ1) is 20.3. The quantitative estimate of drug-likeness (QED) is 0.436. The van der Waals surface area contributed by atoms with E-state index in [0.29, 0.717) is 18.6 Å². The highest BCUT2D eigenvalue weighted by Gasteiger charge is 2.33. The maximum absolute atomic E-state index is 11.1. The van der Waals surface area contributed by atoms with Gasteiger partial charge in [0.05, 0.1) is 12.0 Å². The lowest BCUT2D eigenvalue weighted by molar-refractivity contribution is -0.135. The monoisotopic (exact) mass is 436 g/mol. The van der Waals surface area contributed by atoms with Crippen molar-refractivity contribution in [2.45, 2.75) is 25.7 Å². The van der Waals surface area contributed by atoms with E-state index < -0.39 is 5.97 Å². The summed E-state index contributed by atoms with van der Waals surface area (Å²) >= 11 is 0. The number of aromatic nitrogens is 4. The lowest BCUT2D eigenvalue weighted by Crippen LogP contribution is -2.36. The normalized spacial score (nSPS) is 13.3. The van der Waals surface area contributed by atoms with Crippen molar-refractivity contribution >= 4 is 17.7 Å². The number of nitrogens with zero attached hydrogens (tertiary/aromatic N) is 5. The first-order chi connectivity index (χ1) is 15.7. The van der Waals surface area contributed by atoms with E-state index in [0.717, 1.165) is 61.7 Å². The average molecular weight is 436 g/mol. The second-order valence-corrected chi connectivity index (χ2v) is 7.74. The van der Waals surface area contributed by atoms with E-state index in [1.807, 2.05) is 22.9 Å². The van der Waals surface area contributed by atoms with Gasteiger partial charge in [-0.3, -0.25) is 9.69 Å². The molecule has 10 heteroatoms. The van der Waals surface area contributed by atoms with Crippen molar-refractivity contribution in [2.24, 2.45) is 0 Å². The number of unbranched alkanes of at least 4 members (excludes halogenated alkanes) is 1. The molecule has 0 saturated heterocycles. The smallest absolute Gasteiger partial charge is 0.323 e. The highest BCUT2D eigenvalue weighted by Crippen LogP contribution is 2.38. The predicted octanol–water partition coefficient (Wildman–Crippen LogP) is 2.08. The van der Waals surface area contributed by atoms with E-state index in [2.05, 4.69) is 26.3 Å². The van der Waals surface area contributed by atoms with Gasteiger partial charge in [-0.05, 0) is 56.5 Å². The Hall–Kier alpha value is -3.66. The molecule has 2 aromatic heterocycles. The number of aliphatic carboxylic acids is 1. The van der Waals surface area contributed by atoms with Gasteiger partial charge in [-0.25, -0.2) is 9.97 Å². The summed E-state index contributed by atoms with van der Waals surface area (Å²) < 4.78 is 12.6. The van der Waals surface area contributed by atoms with Gasteiger partial charge in [0.15, 0.2) is 17.3 Å². The molecule has 0 atom stereocenters. The number of carbonyl (C=O) groups is 1. The maximum Gasteiger partial charge on any atom is 0.323 e. The van der Waals surface area contributed by atoms with Gasteiger partial charge in [-0.15, -0.1) is 0 Å². The van der Waals surface area contributed by atoms with Crippen molar-refractivity contribution in [1.82, 2.24) is 24.8 Å². The fourth-order valence-corrected chi connectivity index (χ4v) is 3.94. The molecule has 0 spiro atoms. The molecule has 0 amide bonds. The molecule has 0 radical (unpaired) electrons. The number of benzene rings is 1. The summed E-state index contributed by atoms with van der Waals surface area (Å²) in [5.41, 5.74) is 2.96. The number of fused-ring (bicyclic) bond motifs is 3. The molecule has 3 aliphatic heterocycles. The molecule has 0 saturated carbocycles. The van der Waals surface area contributed by atoms with Crippen LogP contribution < -0.4 is 19.7 Å². The Morgan fingerprint density at radius 3 is 2.88 bits per heavy atom. The number of hydrogen-bond donors (Lipinski definition) is 2. The van der Waals surface area contributed by atoms with Crippen LogP contribution in [0.2, 0.25) is 0 Å². The van der Waals surface area contributed by atoms with Gasteiger partial charge < -0.3 is 24.5 Å². The van der Waals surface area contributed by atoms with Crippen LogP contribution in [-0.4, -0.2) is 57.0 Å². The Bertz CT molecular complexity index is 1120. The fraction of sp³-hybridized carbons (Fsp3) is 0.364. The number of nitrogens with one attached hydrogen (secondary N) is 1. The lowest BCUT2D eigenvalue weighted by atomic mass is 10.1. The van der Waals surface area contributed by atoms with Crippen LogP contribution in [-0.2, 0) is 17.6 Å². The Balaban J connectivity index is 1.10. The molecule has 0 unspecified atom stereocenters. The fourth-order valence-electron chi connectivity index (χ4n) is 3.94.